The van der Waals surface area contributed by atoms with E-state index in [1.54, 1.807) is 0 Å². The maximum atomic E-state index is 10.2. The Hall–Kier alpha value is -0.530. The third kappa shape index (κ3) is 3.40. The lowest BCUT2D eigenvalue weighted by Gasteiger charge is -2.19. The Bertz CT molecular complexity index is 126. The molecule has 11 heavy (non-hydrogen) atoms. The highest BCUT2D eigenvalue weighted by atomic mass is 16.4. The summed E-state index contributed by atoms with van der Waals surface area (Å²) in [6, 6.07) is 0. The molecule has 0 heterocycles. The minimum atomic E-state index is -0.664. The number of hydrogen-bond acceptors (Lipinski definition) is 1. The van der Waals surface area contributed by atoms with E-state index in [4.69, 9.17) is 5.11 Å². The number of carboxylic acid groups (broad SMARTS) is 1. The van der Waals surface area contributed by atoms with Crippen molar-refractivity contribution >= 4 is 5.97 Å². The topological polar surface area (TPSA) is 37.3 Å². The van der Waals surface area contributed by atoms with Crippen LogP contribution in [0.4, 0.5) is 0 Å². The fourth-order valence-corrected chi connectivity index (χ4v) is 1.59. The number of hydrogen-bond donors (Lipinski definition) is 1. The zero-order valence-electron chi connectivity index (χ0n) is 6.81. The quantitative estimate of drug-likeness (QED) is 0.679. The van der Waals surface area contributed by atoms with Crippen LogP contribution in [0.3, 0.4) is 0 Å². The maximum Gasteiger partial charge on any atom is 0.303 e. The zero-order valence-corrected chi connectivity index (χ0v) is 6.81. The molecule has 0 aromatic heterocycles. The summed E-state index contributed by atoms with van der Waals surface area (Å²) in [5.74, 6) is 0.807. The summed E-state index contributed by atoms with van der Waals surface area (Å²) < 4.78 is 0. The molecule has 0 aromatic rings. The van der Waals surface area contributed by atoms with E-state index < -0.39 is 5.97 Å². The van der Waals surface area contributed by atoms with Gasteiger partial charge in [0.2, 0.25) is 0 Å². The highest BCUT2D eigenvalue weighted by molar-refractivity contribution is 5.66. The molecule has 1 radical (unpaired) electrons. The molecule has 0 unspecified atom stereocenters. The van der Waals surface area contributed by atoms with E-state index in [-0.39, 0.29) is 0 Å². The molecule has 0 aliphatic heterocycles. The molecule has 1 saturated carbocycles. The van der Waals surface area contributed by atoms with E-state index in [1.165, 1.54) is 38.0 Å². The number of rotatable bonds is 3. The largest absolute Gasteiger partial charge is 0.481 e. The third-order valence-corrected chi connectivity index (χ3v) is 2.25. The van der Waals surface area contributed by atoms with Crippen LogP contribution in [-0.4, -0.2) is 11.1 Å². The lowest BCUT2D eigenvalue weighted by Crippen LogP contribution is -2.06. The van der Waals surface area contributed by atoms with Crippen molar-refractivity contribution in [3.63, 3.8) is 0 Å². The first-order chi connectivity index (χ1) is 5.29. The summed E-state index contributed by atoms with van der Waals surface area (Å²) in [7, 11) is 0. The van der Waals surface area contributed by atoms with Gasteiger partial charge in [-0.2, -0.15) is 0 Å². The van der Waals surface area contributed by atoms with Crippen LogP contribution in [0.1, 0.15) is 44.9 Å². The predicted molar refractivity (Wildman–Crippen MR) is 43.2 cm³/mol. The van der Waals surface area contributed by atoms with Crippen LogP contribution < -0.4 is 0 Å². The first-order valence-electron chi connectivity index (χ1n) is 4.34. The second-order valence-electron chi connectivity index (χ2n) is 3.20. The van der Waals surface area contributed by atoms with Crippen molar-refractivity contribution in [3.05, 3.63) is 5.92 Å². The molecule has 1 rings (SSSR count). The van der Waals surface area contributed by atoms with Crippen LogP contribution in [-0.2, 0) is 4.79 Å². The molecular weight excluding hydrogens is 140 g/mol. The Balaban J connectivity index is 2.09. The van der Waals surface area contributed by atoms with E-state index in [0.29, 0.717) is 6.42 Å². The summed E-state index contributed by atoms with van der Waals surface area (Å²) in [6.45, 7) is 0. The summed E-state index contributed by atoms with van der Waals surface area (Å²) in [5.41, 5.74) is 0. The second-order valence-corrected chi connectivity index (χ2v) is 3.20. The van der Waals surface area contributed by atoms with Gasteiger partial charge in [-0.05, 0) is 25.2 Å². The highest BCUT2D eigenvalue weighted by Crippen LogP contribution is 2.28. The van der Waals surface area contributed by atoms with Crippen molar-refractivity contribution in [2.75, 3.05) is 0 Å². The van der Waals surface area contributed by atoms with Gasteiger partial charge in [0.15, 0.2) is 0 Å². The lowest BCUT2D eigenvalue weighted by molar-refractivity contribution is -0.137. The summed E-state index contributed by atoms with van der Waals surface area (Å²) in [5, 5.41) is 8.43. The molecule has 63 valence electrons. The van der Waals surface area contributed by atoms with Gasteiger partial charge in [0.25, 0.3) is 0 Å². The van der Waals surface area contributed by atoms with E-state index in [2.05, 4.69) is 0 Å². The third-order valence-electron chi connectivity index (χ3n) is 2.25. The van der Waals surface area contributed by atoms with Gasteiger partial charge in [-0.1, -0.05) is 19.3 Å². The van der Waals surface area contributed by atoms with Crippen LogP contribution in [0.15, 0.2) is 0 Å². The fourth-order valence-electron chi connectivity index (χ4n) is 1.59. The van der Waals surface area contributed by atoms with Crippen LogP contribution in [0.2, 0.25) is 0 Å². The van der Waals surface area contributed by atoms with Crippen molar-refractivity contribution in [2.45, 2.75) is 44.9 Å². The lowest BCUT2D eigenvalue weighted by atomic mass is 9.86. The highest BCUT2D eigenvalue weighted by Gasteiger charge is 2.14. The van der Waals surface area contributed by atoms with E-state index in [1.807, 2.05) is 0 Å². The number of aliphatic carboxylic acids is 1. The molecule has 0 spiro atoms. The van der Waals surface area contributed by atoms with Crippen LogP contribution in [0.25, 0.3) is 0 Å². The van der Waals surface area contributed by atoms with E-state index in [9.17, 15) is 4.79 Å². The normalized spacial score (nSPS) is 20.0. The van der Waals surface area contributed by atoms with Gasteiger partial charge in [-0.15, -0.1) is 0 Å². The molecular formula is C9H15O2. The molecule has 1 aliphatic carbocycles. The Morgan fingerprint density at radius 3 is 2.45 bits per heavy atom. The molecule has 0 aromatic carbocycles. The molecule has 0 atom stereocenters. The molecule has 1 fully saturated rings. The van der Waals surface area contributed by atoms with Crippen LogP contribution in [0.5, 0.6) is 0 Å². The van der Waals surface area contributed by atoms with Crippen molar-refractivity contribution in [1.82, 2.24) is 0 Å². The van der Waals surface area contributed by atoms with Crippen molar-refractivity contribution in [1.29, 1.82) is 0 Å². The maximum absolute atomic E-state index is 10.2. The molecule has 2 heteroatoms. The summed E-state index contributed by atoms with van der Waals surface area (Å²) >= 11 is 0. The van der Waals surface area contributed by atoms with E-state index >= 15 is 0 Å². The van der Waals surface area contributed by atoms with Gasteiger partial charge < -0.3 is 5.11 Å². The molecule has 1 aliphatic rings. The van der Waals surface area contributed by atoms with Gasteiger partial charge in [0, 0.05) is 6.42 Å². The predicted octanol–water partition coefficient (Wildman–Crippen LogP) is 2.39. The average molecular weight is 155 g/mol. The Morgan fingerprint density at radius 1 is 1.27 bits per heavy atom. The van der Waals surface area contributed by atoms with Crippen molar-refractivity contribution < 1.29 is 9.90 Å². The Morgan fingerprint density at radius 2 is 1.91 bits per heavy atom. The summed E-state index contributed by atoms with van der Waals surface area (Å²) in [4.78, 5) is 10.2. The fraction of sp³-hybridized carbons (Fsp3) is 0.778. The minimum absolute atomic E-state index is 0.329. The van der Waals surface area contributed by atoms with Gasteiger partial charge >= 0.3 is 5.97 Å². The summed E-state index contributed by atoms with van der Waals surface area (Å²) in [6.07, 6.45) is 7.37. The van der Waals surface area contributed by atoms with Crippen molar-refractivity contribution in [2.24, 2.45) is 0 Å². The number of carboxylic acids is 1. The Kier molecular flexibility index (Phi) is 3.40. The van der Waals surface area contributed by atoms with Gasteiger partial charge in [-0.25, -0.2) is 0 Å². The first-order valence-corrected chi connectivity index (χ1v) is 4.34. The standard InChI is InChI=1S/C9H15O2/c10-9(11)7-6-8-4-2-1-3-5-8/h1-7H2,(H,10,11). The van der Waals surface area contributed by atoms with Gasteiger partial charge in [0.1, 0.15) is 0 Å². The number of carbonyl (C=O) groups is 1. The minimum Gasteiger partial charge on any atom is -0.481 e. The second kappa shape index (κ2) is 4.37. The Labute approximate surface area is 67.6 Å². The molecule has 0 amide bonds. The zero-order chi connectivity index (χ0) is 8.10. The van der Waals surface area contributed by atoms with Crippen LogP contribution >= 0.6 is 0 Å². The van der Waals surface area contributed by atoms with Crippen molar-refractivity contribution in [3.8, 4) is 0 Å². The van der Waals surface area contributed by atoms with E-state index in [0.717, 1.165) is 6.42 Å². The van der Waals surface area contributed by atoms with Gasteiger partial charge in [0.05, 0.1) is 0 Å². The smallest absolute Gasteiger partial charge is 0.303 e. The molecule has 2 nitrogen and oxygen atoms in total. The molecule has 1 N–H and O–H groups in total. The van der Waals surface area contributed by atoms with Crippen LogP contribution in [0, 0.1) is 5.92 Å². The SMILES string of the molecule is O=C(O)CC[C]1CCCCC1. The average Bonchev–Trinajstić information content (AvgIpc) is 2.03. The first kappa shape index (κ1) is 8.57. The molecule has 0 saturated heterocycles. The van der Waals surface area contributed by atoms with Gasteiger partial charge in [-0.3, -0.25) is 4.79 Å². The monoisotopic (exact) mass is 155 g/mol. The molecule has 0 bridgehead atoms.